The van der Waals surface area contributed by atoms with E-state index in [1.54, 1.807) is 12.1 Å². The molecule has 1 aliphatic carbocycles. The van der Waals surface area contributed by atoms with E-state index in [4.69, 9.17) is 0 Å². The Balaban J connectivity index is 1.63. The number of nitrogens with zero attached hydrogens (tertiary/aromatic N) is 2. The van der Waals surface area contributed by atoms with Crippen LogP contribution < -0.4 is 10.2 Å². The molecule has 4 rings (SSSR count). The largest absolute Gasteiger partial charge is 0.418 e. The first-order valence-corrected chi connectivity index (χ1v) is 9.39. The summed E-state index contributed by atoms with van der Waals surface area (Å²) in [6, 6.07) is 5.61. The van der Waals surface area contributed by atoms with E-state index in [1.807, 2.05) is 0 Å². The molecule has 1 aliphatic heterocycles. The van der Waals surface area contributed by atoms with Crippen LogP contribution in [0.3, 0.4) is 0 Å². The quantitative estimate of drug-likeness (QED) is 0.824. The van der Waals surface area contributed by atoms with Gasteiger partial charge in [-0.05, 0) is 36.8 Å². The highest BCUT2D eigenvalue weighted by atomic mass is 19.4. The third-order valence-corrected chi connectivity index (χ3v) is 5.92. The first kappa shape index (κ1) is 19.0. The molecule has 1 aromatic carbocycles. The number of aliphatic hydroxyl groups is 1. The summed E-state index contributed by atoms with van der Waals surface area (Å²) in [5.41, 5.74) is -0.0424. The van der Waals surface area contributed by atoms with E-state index in [0.717, 1.165) is 11.8 Å². The van der Waals surface area contributed by atoms with E-state index in [1.165, 1.54) is 19.2 Å². The van der Waals surface area contributed by atoms with Crippen LogP contribution in [0.4, 0.5) is 18.9 Å². The number of hydrogen-bond donors (Lipinski definition) is 2. The number of alkyl halides is 3. The van der Waals surface area contributed by atoms with Crippen LogP contribution in [-0.2, 0) is 11.0 Å². The highest BCUT2D eigenvalue weighted by Gasteiger charge is 2.42. The van der Waals surface area contributed by atoms with Gasteiger partial charge in [-0.2, -0.15) is 13.2 Å². The van der Waals surface area contributed by atoms with Crippen LogP contribution in [0.5, 0.6) is 0 Å². The molecule has 0 bridgehead atoms. The molecular formula is C20H22F3N3O2. The lowest BCUT2D eigenvalue weighted by atomic mass is 9.77. The average molecular weight is 393 g/mol. The molecule has 2 aromatic rings. The van der Waals surface area contributed by atoms with Crippen LogP contribution in [0.1, 0.15) is 25.3 Å². The van der Waals surface area contributed by atoms with Crippen LogP contribution in [0.25, 0.3) is 10.9 Å². The van der Waals surface area contributed by atoms with Gasteiger partial charge in [0, 0.05) is 37.3 Å². The van der Waals surface area contributed by atoms with Crippen molar-refractivity contribution in [2.24, 2.45) is 11.8 Å². The Morgan fingerprint density at radius 3 is 2.61 bits per heavy atom. The van der Waals surface area contributed by atoms with Gasteiger partial charge in [0.2, 0.25) is 5.91 Å². The molecule has 8 heteroatoms. The smallest absolute Gasteiger partial charge is 0.391 e. The molecule has 1 saturated carbocycles. The number of para-hydroxylation sites is 1. The lowest BCUT2D eigenvalue weighted by Crippen LogP contribution is -2.48. The molecule has 1 aromatic heterocycles. The number of aliphatic hydroxyl groups excluding tert-OH is 1. The SMILES string of the molecule is CC(=O)N[C@@H]1C[C@@H]2CN(c3ccnc4c(C(F)(F)F)cccc34)C[C@@H]2C[C@H]1O. The van der Waals surface area contributed by atoms with Crippen LogP contribution in [0, 0.1) is 11.8 Å². The summed E-state index contributed by atoms with van der Waals surface area (Å²) in [7, 11) is 0. The highest BCUT2D eigenvalue weighted by molar-refractivity contribution is 5.93. The number of benzene rings is 1. The zero-order valence-corrected chi connectivity index (χ0v) is 15.4. The molecule has 0 unspecified atom stereocenters. The number of fused-ring (bicyclic) bond motifs is 2. The Morgan fingerprint density at radius 1 is 1.21 bits per heavy atom. The van der Waals surface area contributed by atoms with E-state index >= 15 is 0 Å². The highest BCUT2D eigenvalue weighted by Crippen LogP contribution is 2.41. The Hall–Kier alpha value is -2.35. The zero-order chi connectivity index (χ0) is 20.1. The number of carbonyl (C=O) groups excluding carboxylic acids is 1. The summed E-state index contributed by atoms with van der Waals surface area (Å²) >= 11 is 0. The molecule has 2 fully saturated rings. The number of carbonyl (C=O) groups is 1. The standard InChI is InChI=1S/C20H22F3N3O2/c1-11(27)25-16-7-12-9-26(10-13(12)8-18(16)28)17-5-6-24-19-14(17)3-2-4-15(19)20(21,22)23/h2-6,12-13,16,18,28H,7-10H2,1H3,(H,25,27)/t12-,13+,16-,18-/m1/s1. The summed E-state index contributed by atoms with van der Waals surface area (Å²) in [6.45, 7) is 2.79. The monoisotopic (exact) mass is 393 g/mol. The predicted molar refractivity (Wildman–Crippen MR) is 98.8 cm³/mol. The van der Waals surface area contributed by atoms with Crippen molar-refractivity contribution < 1.29 is 23.1 Å². The minimum absolute atomic E-state index is 0.0430. The van der Waals surface area contributed by atoms with Gasteiger partial charge in [-0.1, -0.05) is 12.1 Å². The van der Waals surface area contributed by atoms with Gasteiger partial charge in [-0.3, -0.25) is 9.78 Å². The van der Waals surface area contributed by atoms with Crippen molar-refractivity contribution in [3.63, 3.8) is 0 Å². The van der Waals surface area contributed by atoms with E-state index in [2.05, 4.69) is 15.2 Å². The topological polar surface area (TPSA) is 65.5 Å². The minimum Gasteiger partial charge on any atom is -0.391 e. The fourth-order valence-corrected chi connectivity index (χ4v) is 4.71. The van der Waals surface area contributed by atoms with Crippen molar-refractivity contribution in [3.05, 3.63) is 36.0 Å². The Bertz CT molecular complexity index is 902. The third kappa shape index (κ3) is 3.41. The van der Waals surface area contributed by atoms with Crippen molar-refractivity contribution in [3.8, 4) is 0 Å². The Morgan fingerprint density at radius 2 is 1.93 bits per heavy atom. The third-order valence-electron chi connectivity index (χ3n) is 5.92. The summed E-state index contributed by atoms with van der Waals surface area (Å²) < 4.78 is 40.0. The normalized spacial score (nSPS) is 27.7. The van der Waals surface area contributed by atoms with Gasteiger partial charge in [0.15, 0.2) is 0 Å². The van der Waals surface area contributed by atoms with Gasteiger partial charge in [0.1, 0.15) is 0 Å². The van der Waals surface area contributed by atoms with Crippen LogP contribution >= 0.6 is 0 Å². The molecular weight excluding hydrogens is 371 g/mol. The fraction of sp³-hybridized carbons (Fsp3) is 0.500. The second-order valence-corrected chi connectivity index (χ2v) is 7.80. The molecule has 5 nitrogen and oxygen atoms in total. The molecule has 0 radical (unpaired) electrons. The summed E-state index contributed by atoms with van der Waals surface area (Å²) in [5.74, 6) is 0.348. The summed E-state index contributed by atoms with van der Waals surface area (Å²) in [5, 5.41) is 13.6. The maximum Gasteiger partial charge on any atom is 0.418 e. The van der Waals surface area contributed by atoms with Crippen molar-refractivity contribution in [2.45, 2.75) is 38.1 Å². The number of amides is 1. The van der Waals surface area contributed by atoms with Gasteiger partial charge in [0.25, 0.3) is 0 Å². The van der Waals surface area contributed by atoms with E-state index in [9.17, 15) is 23.1 Å². The van der Waals surface area contributed by atoms with Gasteiger partial charge >= 0.3 is 6.18 Å². The summed E-state index contributed by atoms with van der Waals surface area (Å²) in [4.78, 5) is 17.4. The van der Waals surface area contributed by atoms with Crippen LogP contribution in [0.15, 0.2) is 30.5 Å². The average Bonchev–Trinajstić information content (AvgIpc) is 3.02. The number of halogens is 3. The number of pyridine rings is 1. The number of hydrogen-bond acceptors (Lipinski definition) is 4. The van der Waals surface area contributed by atoms with Crippen molar-refractivity contribution in [1.29, 1.82) is 0 Å². The maximum absolute atomic E-state index is 13.3. The van der Waals surface area contributed by atoms with E-state index < -0.39 is 17.8 Å². The minimum atomic E-state index is -4.46. The van der Waals surface area contributed by atoms with Gasteiger partial charge in [-0.15, -0.1) is 0 Å². The lowest BCUT2D eigenvalue weighted by molar-refractivity contribution is -0.136. The van der Waals surface area contributed by atoms with Gasteiger partial charge < -0.3 is 15.3 Å². The second kappa shape index (κ2) is 6.92. The first-order chi connectivity index (χ1) is 13.2. The predicted octanol–water partition coefficient (Wildman–Crippen LogP) is 2.97. The first-order valence-electron chi connectivity index (χ1n) is 9.39. The van der Waals surface area contributed by atoms with Crippen LogP contribution in [-0.4, -0.2) is 41.2 Å². The van der Waals surface area contributed by atoms with Crippen molar-refractivity contribution >= 4 is 22.5 Å². The summed E-state index contributed by atoms with van der Waals surface area (Å²) in [6.07, 6.45) is -2.40. The molecule has 28 heavy (non-hydrogen) atoms. The Labute approximate surface area is 160 Å². The molecule has 0 spiro atoms. The molecule has 150 valence electrons. The van der Waals surface area contributed by atoms with Gasteiger partial charge in [0.05, 0.1) is 23.2 Å². The zero-order valence-electron chi connectivity index (χ0n) is 15.4. The number of nitrogens with one attached hydrogen (secondary N) is 1. The molecule has 1 amide bonds. The number of anilines is 1. The fourth-order valence-electron chi connectivity index (χ4n) is 4.71. The van der Waals surface area contributed by atoms with E-state index in [-0.39, 0.29) is 29.3 Å². The second-order valence-electron chi connectivity index (χ2n) is 7.80. The van der Waals surface area contributed by atoms with Crippen molar-refractivity contribution in [1.82, 2.24) is 10.3 Å². The van der Waals surface area contributed by atoms with Gasteiger partial charge in [-0.25, -0.2) is 0 Å². The molecule has 2 aliphatic rings. The molecule has 4 atom stereocenters. The number of aromatic nitrogens is 1. The Kier molecular flexibility index (Phi) is 4.69. The number of rotatable bonds is 2. The molecule has 1 saturated heterocycles. The maximum atomic E-state index is 13.3. The van der Waals surface area contributed by atoms with Crippen molar-refractivity contribution in [2.75, 3.05) is 18.0 Å². The van der Waals surface area contributed by atoms with E-state index in [0.29, 0.717) is 31.3 Å². The van der Waals surface area contributed by atoms with Crippen LogP contribution in [0.2, 0.25) is 0 Å². The lowest BCUT2D eigenvalue weighted by Gasteiger charge is -2.35. The molecule has 2 N–H and O–H groups in total. The molecule has 2 heterocycles.